The highest BCUT2D eigenvalue weighted by molar-refractivity contribution is 7.12. The van der Waals surface area contributed by atoms with Crippen LogP contribution in [0.2, 0.25) is 0 Å². The maximum Gasteiger partial charge on any atom is 0.263 e. The van der Waals surface area contributed by atoms with Crippen LogP contribution in [0.3, 0.4) is 0 Å². The minimum Gasteiger partial charge on any atom is -0.496 e. The average molecular weight is 437 g/mol. The number of hydrogen-bond donors (Lipinski definition) is 0. The van der Waals surface area contributed by atoms with Crippen LogP contribution in [0.25, 0.3) is 16.8 Å². The second kappa shape index (κ2) is 8.11. The molecular weight excluding hydrogens is 415 g/mol. The average Bonchev–Trinajstić information content (AvgIpc) is 3.48. The first kappa shape index (κ1) is 19.7. The predicted octanol–water partition coefficient (Wildman–Crippen LogP) is 4.63. The summed E-state index contributed by atoms with van der Waals surface area (Å²) in [5.41, 5.74) is 2.17. The zero-order chi connectivity index (χ0) is 21.4. The first-order valence-corrected chi connectivity index (χ1v) is 11.0. The Morgan fingerprint density at radius 2 is 2.16 bits per heavy atom. The highest BCUT2D eigenvalue weighted by Crippen LogP contribution is 2.31. The van der Waals surface area contributed by atoms with Gasteiger partial charge in [0.25, 0.3) is 5.91 Å². The van der Waals surface area contributed by atoms with E-state index in [-0.39, 0.29) is 17.6 Å². The summed E-state index contributed by atoms with van der Waals surface area (Å²) in [6, 6.07) is 12.0. The molecule has 158 valence electrons. The number of nitrogens with zero attached hydrogens (tertiary/aromatic N) is 4. The van der Waals surface area contributed by atoms with Gasteiger partial charge in [-0.15, -0.1) is 11.3 Å². The first-order valence-electron chi connectivity index (χ1n) is 10.2. The number of ether oxygens (including phenoxy) is 1. The fourth-order valence-electron chi connectivity index (χ4n) is 4.07. The molecule has 4 aromatic rings. The van der Waals surface area contributed by atoms with Crippen molar-refractivity contribution in [3.8, 4) is 16.9 Å². The van der Waals surface area contributed by atoms with E-state index in [9.17, 15) is 9.18 Å². The van der Waals surface area contributed by atoms with E-state index in [0.717, 1.165) is 41.3 Å². The van der Waals surface area contributed by atoms with Gasteiger partial charge in [0, 0.05) is 36.3 Å². The normalized spacial score (nSPS) is 16.6. The van der Waals surface area contributed by atoms with Gasteiger partial charge in [0.2, 0.25) is 0 Å². The third-order valence-corrected chi connectivity index (χ3v) is 6.48. The van der Waals surface area contributed by atoms with Crippen molar-refractivity contribution in [1.29, 1.82) is 0 Å². The van der Waals surface area contributed by atoms with Gasteiger partial charge in [-0.3, -0.25) is 4.79 Å². The van der Waals surface area contributed by atoms with E-state index in [0.29, 0.717) is 17.9 Å². The van der Waals surface area contributed by atoms with Gasteiger partial charge in [0.15, 0.2) is 11.5 Å². The maximum absolute atomic E-state index is 13.8. The predicted molar refractivity (Wildman–Crippen MR) is 117 cm³/mol. The molecule has 1 saturated heterocycles. The zero-order valence-electron chi connectivity index (χ0n) is 17.0. The number of methoxy groups -OCH3 is 1. The molecule has 1 aliphatic rings. The minimum atomic E-state index is -0.326. The van der Waals surface area contributed by atoms with Crippen LogP contribution >= 0.6 is 11.3 Å². The Bertz CT molecular complexity index is 1240. The lowest BCUT2D eigenvalue weighted by molar-refractivity contribution is 0.0709. The van der Waals surface area contributed by atoms with Crippen molar-refractivity contribution >= 4 is 22.9 Å². The Kier molecular flexibility index (Phi) is 5.15. The molecule has 5 rings (SSSR count). The number of benzene rings is 1. The Balaban J connectivity index is 1.43. The number of halogens is 1. The van der Waals surface area contributed by atoms with Gasteiger partial charge in [0.1, 0.15) is 11.6 Å². The maximum atomic E-state index is 13.8. The summed E-state index contributed by atoms with van der Waals surface area (Å²) >= 11 is 1.47. The highest BCUT2D eigenvalue weighted by atomic mass is 32.1. The van der Waals surface area contributed by atoms with Crippen molar-refractivity contribution in [2.24, 2.45) is 0 Å². The Morgan fingerprint density at radius 1 is 1.26 bits per heavy atom. The van der Waals surface area contributed by atoms with Gasteiger partial charge < -0.3 is 9.64 Å². The Morgan fingerprint density at radius 3 is 2.97 bits per heavy atom. The summed E-state index contributed by atoms with van der Waals surface area (Å²) in [4.78, 5) is 20.1. The van der Waals surface area contributed by atoms with Crippen molar-refractivity contribution in [2.45, 2.75) is 18.8 Å². The van der Waals surface area contributed by atoms with Crippen LogP contribution in [0, 0.1) is 5.82 Å². The molecule has 3 aromatic heterocycles. The molecule has 4 heterocycles. The molecule has 31 heavy (non-hydrogen) atoms. The number of fused-ring (bicyclic) bond motifs is 1. The smallest absolute Gasteiger partial charge is 0.263 e. The number of likely N-dealkylation sites (tertiary alicyclic amines) is 1. The minimum absolute atomic E-state index is 0.0731. The summed E-state index contributed by atoms with van der Waals surface area (Å²) in [5, 5.41) is 6.61. The highest BCUT2D eigenvalue weighted by Gasteiger charge is 2.28. The van der Waals surface area contributed by atoms with E-state index in [1.54, 1.807) is 17.7 Å². The number of carbonyl (C=O) groups excluding carboxylic acids is 1. The summed E-state index contributed by atoms with van der Waals surface area (Å²) < 4.78 is 20.9. The van der Waals surface area contributed by atoms with Crippen molar-refractivity contribution in [3.63, 3.8) is 0 Å². The van der Waals surface area contributed by atoms with E-state index < -0.39 is 0 Å². The summed E-state index contributed by atoms with van der Waals surface area (Å²) in [7, 11) is 1.56. The van der Waals surface area contributed by atoms with Crippen LogP contribution in [-0.4, -0.2) is 45.6 Å². The SMILES string of the molecule is COc1ccc(F)cc1-c1ccc2nc([C@@H]3CCCN(C(=O)c4cccs4)C3)nn2c1. The standard InChI is InChI=1S/C23H21FN4O2S/c1-30-19-8-7-17(24)12-18(19)15-6-9-21-25-22(26-28(21)14-15)16-4-2-10-27(13-16)23(29)20-5-3-11-31-20/h3,5-9,11-12,14,16H,2,4,10,13H2,1H3/t16-/m1/s1. The molecule has 1 aromatic carbocycles. The fraction of sp³-hybridized carbons (Fsp3) is 0.261. The van der Waals surface area contributed by atoms with E-state index in [2.05, 4.69) is 0 Å². The molecule has 6 nitrogen and oxygen atoms in total. The Labute approximate surface area is 182 Å². The number of pyridine rings is 1. The summed E-state index contributed by atoms with van der Waals surface area (Å²) in [5.74, 6) is 1.16. The molecule has 1 aliphatic heterocycles. The number of aromatic nitrogens is 3. The number of carbonyl (C=O) groups is 1. The number of hydrogen-bond acceptors (Lipinski definition) is 5. The first-order chi connectivity index (χ1) is 15.1. The van der Waals surface area contributed by atoms with Gasteiger partial charge in [-0.05, 0) is 54.6 Å². The molecule has 0 N–H and O–H groups in total. The van der Waals surface area contributed by atoms with Crippen molar-refractivity contribution in [1.82, 2.24) is 19.5 Å². The molecule has 0 aliphatic carbocycles. The van der Waals surface area contributed by atoms with Crippen LogP contribution in [-0.2, 0) is 0 Å². The molecule has 8 heteroatoms. The van der Waals surface area contributed by atoms with Crippen LogP contribution in [0.1, 0.15) is 34.3 Å². The largest absolute Gasteiger partial charge is 0.496 e. The third kappa shape index (κ3) is 3.79. The number of thiophene rings is 1. The summed E-state index contributed by atoms with van der Waals surface area (Å²) in [6.07, 6.45) is 3.69. The lowest BCUT2D eigenvalue weighted by atomic mass is 9.97. The second-order valence-electron chi connectivity index (χ2n) is 7.60. The van der Waals surface area contributed by atoms with E-state index in [1.165, 1.54) is 23.5 Å². The van der Waals surface area contributed by atoms with Crippen LogP contribution in [0.4, 0.5) is 4.39 Å². The van der Waals surface area contributed by atoms with Gasteiger partial charge in [-0.25, -0.2) is 13.9 Å². The molecule has 1 amide bonds. The van der Waals surface area contributed by atoms with Crippen LogP contribution in [0.5, 0.6) is 5.75 Å². The third-order valence-electron chi connectivity index (χ3n) is 5.63. The molecule has 0 spiro atoms. The number of piperidine rings is 1. The van der Waals surface area contributed by atoms with Gasteiger partial charge in [0.05, 0.1) is 12.0 Å². The molecule has 0 radical (unpaired) electrons. The van der Waals surface area contributed by atoms with Gasteiger partial charge in [-0.1, -0.05) is 6.07 Å². The topological polar surface area (TPSA) is 59.7 Å². The monoisotopic (exact) mass is 436 g/mol. The van der Waals surface area contributed by atoms with Crippen LogP contribution < -0.4 is 4.74 Å². The van der Waals surface area contributed by atoms with Gasteiger partial charge in [-0.2, -0.15) is 5.10 Å². The van der Waals surface area contributed by atoms with Gasteiger partial charge >= 0.3 is 0 Å². The molecule has 1 atom stereocenters. The molecule has 0 bridgehead atoms. The lowest BCUT2D eigenvalue weighted by Crippen LogP contribution is -2.39. The number of rotatable bonds is 4. The lowest BCUT2D eigenvalue weighted by Gasteiger charge is -2.31. The zero-order valence-corrected chi connectivity index (χ0v) is 17.8. The Hall–Kier alpha value is -3.26. The molecule has 0 saturated carbocycles. The van der Waals surface area contributed by atoms with E-state index in [4.69, 9.17) is 14.8 Å². The summed E-state index contributed by atoms with van der Waals surface area (Å²) in [6.45, 7) is 1.36. The number of amides is 1. The van der Waals surface area contributed by atoms with Crippen molar-refractivity contribution in [2.75, 3.05) is 20.2 Å². The van der Waals surface area contributed by atoms with E-state index in [1.807, 2.05) is 40.7 Å². The fourth-order valence-corrected chi connectivity index (χ4v) is 4.76. The van der Waals surface area contributed by atoms with Crippen LogP contribution in [0.15, 0.2) is 54.0 Å². The quantitative estimate of drug-likeness (QED) is 0.468. The van der Waals surface area contributed by atoms with E-state index >= 15 is 0 Å². The van der Waals surface area contributed by atoms with Crippen molar-refractivity contribution in [3.05, 3.63) is 70.6 Å². The molecular formula is C23H21FN4O2S. The molecule has 1 fully saturated rings. The molecule has 0 unspecified atom stereocenters. The van der Waals surface area contributed by atoms with Crippen molar-refractivity contribution < 1.29 is 13.9 Å². The second-order valence-corrected chi connectivity index (χ2v) is 8.55.